The maximum Gasteiger partial charge on any atom is 0.343 e. The molecule has 0 bridgehead atoms. The van der Waals surface area contributed by atoms with E-state index in [0.717, 1.165) is 18.5 Å². The van der Waals surface area contributed by atoms with Crippen LogP contribution in [0, 0.1) is 5.92 Å². The molecule has 0 aliphatic carbocycles. The molecule has 2 N–H and O–H groups in total. The van der Waals surface area contributed by atoms with Gasteiger partial charge in [0.2, 0.25) is 11.8 Å². The first kappa shape index (κ1) is 32.5. The van der Waals surface area contributed by atoms with Crippen LogP contribution in [0.1, 0.15) is 62.5 Å². The van der Waals surface area contributed by atoms with E-state index < -0.39 is 17.6 Å². The standard InChI is InChI=1S/C35H45N3O4/c1-25(2)23-31(38(6)22-21-26-13-9-7-10-14-26)33(40)36-30(32(39)37-35(3,4)5)24-27-17-19-29(20-18-27)42-34(41)28-15-11-8-12-16-28/h7-20,25,30-31H,21-24H2,1-6H3,(H,36,40)(H,37,39)/t30-,31-/m0/s1. The van der Waals surface area contributed by atoms with Gasteiger partial charge in [0.1, 0.15) is 11.8 Å². The second kappa shape index (κ2) is 15.3. The van der Waals surface area contributed by atoms with Gasteiger partial charge >= 0.3 is 5.97 Å². The van der Waals surface area contributed by atoms with Crippen LogP contribution in [0.3, 0.4) is 0 Å². The highest BCUT2D eigenvalue weighted by molar-refractivity contribution is 5.91. The van der Waals surface area contributed by atoms with Crippen molar-refractivity contribution < 1.29 is 19.1 Å². The third-order valence-electron chi connectivity index (χ3n) is 6.84. The first-order valence-electron chi connectivity index (χ1n) is 14.6. The Balaban J connectivity index is 1.73. The topological polar surface area (TPSA) is 87.7 Å². The molecule has 0 aliphatic rings. The molecule has 224 valence electrons. The lowest BCUT2D eigenvalue weighted by atomic mass is 9.99. The second-order valence-electron chi connectivity index (χ2n) is 12.3. The molecule has 0 fully saturated rings. The summed E-state index contributed by atoms with van der Waals surface area (Å²) in [6.07, 6.45) is 1.79. The van der Waals surface area contributed by atoms with Crippen LogP contribution in [0.25, 0.3) is 0 Å². The molecule has 3 aromatic rings. The number of hydrogen-bond donors (Lipinski definition) is 2. The molecule has 0 unspecified atom stereocenters. The minimum absolute atomic E-state index is 0.165. The summed E-state index contributed by atoms with van der Waals surface area (Å²) in [7, 11) is 1.97. The van der Waals surface area contributed by atoms with E-state index in [1.54, 1.807) is 36.4 Å². The Morgan fingerprint density at radius 1 is 0.810 bits per heavy atom. The quantitative estimate of drug-likeness (QED) is 0.211. The third-order valence-corrected chi connectivity index (χ3v) is 6.84. The number of benzene rings is 3. The molecule has 0 saturated carbocycles. The molecule has 0 spiro atoms. The summed E-state index contributed by atoms with van der Waals surface area (Å²) in [6, 6.07) is 24.9. The van der Waals surface area contributed by atoms with E-state index in [2.05, 4.69) is 41.5 Å². The predicted molar refractivity (Wildman–Crippen MR) is 167 cm³/mol. The molecule has 0 aliphatic heterocycles. The third kappa shape index (κ3) is 10.8. The van der Waals surface area contributed by atoms with Crippen LogP contribution in [0.4, 0.5) is 0 Å². The Bertz CT molecular complexity index is 1290. The molecule has 42 heavy (non-hydrogen) atoms. The van der Waals surface area contributed by atoms with Gasteiger partial charge in [-0.25, -0.2) is 4.79 Å². The molecular formula is C35H45N3O4. The summed E-state index contributed by atoms with van der Waals surface area (Å²) in [5, 5.41) is 6.08. The number of nitrogens with zero attached hydrogens (tertiary/aromatic N) is 1. The Morgan fingerprint density at radius 3 is 1.98 bits per heavy atom. The lowest BCUT2D eigenvalue weighted by Crippen LogP contribution is -2.56. The van der Waals surface area contributed by atoms with E-state index >= 15 is 0 Å². The molecule has 3 rings (SSSR count). The van der Waals surface area contributed by atoms with Crippen LogP contribution < -0.4 is 15.4 Å². The summed E-state index contributed by atoms with van der Waals surface area (Å²) >= 11 is 0. The average Bonchev–Trinajstić information content (AvgIpc) is 2.95. The van der Waals surface area contributed by atoms with Gasteiger partial charge in [0.25, 0.3) is 0 Å². The van der Waals surface area contributed by atoms with Crippen molar-refractivity contribution in [1.82, 2.24) is 15.5 Å². The average molecular weight is 572 g/mol. The second-order valence-corrected chi connectivity index (χ2v) is 12.3. The van der Waals surface area contributed by atoms with Crippen LogP contribution >= 0.6 is 0 Å². The minimum Gasteiger partial charge on any atom is -0.423 e. The van der Waals surface area contributed by atoms with Gasteiger partial charge in [-0.2, -0.15) is 0 Å². The Hall–Kier alpha value is -3.97. The van der Waals surface area contributed by atoms with Crippen molar-refractivity contribution in [2.75, 3.05) is 13.6 Å². The van der Waals surface area contributed by atoms with Crippen LogP contribution in [0.5, 0.6) is 5.75 Å². The van der Waals surface area contributed by atoms with Crippen LogP contribution in [0.15, 0.2) is 84.9 Å². The molecule has 2 amide bonds. The van der Waals surface area contributed by atoms with E-state index in [0.29, 0.717) is 30.1 Å². The van der Waals surface area contributed by atoms with Gasteiger partial charge < -0.3 is 15.4 Å². The van der Waals surface area contributed by atoms with Gasteiger partial charge in [-0.3, -0.25) is 14.5 Å². The molecular weight excluding hydrogens is 526 g/mol. The predicted octanol–water partition coefficient (Wildman–Crippen LogP) is 5.44. The Labute approximate surface area is 250 Å². The number of esters is 1. The number of nitrogens with one attached hydrogen (secondary N) is 2. The first-order chi connectivity index (χ1) is 19.9. The molecule has 0 heterocycles. The summed E-state index contributed by atoms with van der Waals surface area (Å²) in [5.74, 6) is -0.143. The first-order valence-corrected chi connectivity index (χ1v) is 14.6. The Morgan fingerprint density at radius 2 is 1.40 bits per heavy atom. The van der Waals surface area contributed by atoms with Gasteiger partial charge in [0, 0.05) is 18.5 Å². The molecule has 7 heteroatoms. The van der Waals surface area contributed by atoms with Gasteiger partial charge in [-0.15, -0.1) is 0 Å². The highest BCUT2D eigenvalue weighted by Crippen LogP contribution is 2.17. The number of amides is 2. The van der Waals surface area contributed by atoms with Gasteiger partial charge in [0.05, 0.1) is 11.6 Å². The molecule has 0 saturated heterocycles. The molecule has 2 atom stereocenters. The number of rotatable bonds is 13. The van der Waals surface area contributed by atoms with Crippen molar-refractivity contribution >= 4 is 17.8 Å². The highest BCUT2D eigenvalue weighted by atomic mass is 16.5. The summed E-state index contributed by atoms with van der Waals surface area (Å²) < 4.78 is 5.49. The van der Waals surface area contributed by atoms with Gasteiger partial charge in [-0.05, 0) is 82.0 Å². The summed E-state index contributed by atoms with van der Waals surface area (Å²) in [6.45, 7) is 10.7. The van der Waals surface area contributed by atoms with Gasteiger partial charge in [0.15, 0.2) is 0 Å². The molecule has 3 aromatic carbocycles. The van der Waals surface area contributed by atoms with E-state index in [1.807, 2.05) is 64.2 Å². The molecule has 0 aromatic heterocycles. The molecule has 0 radical (unpaired) electrons. The smallest absolute Gasteiger partial charge is 0.343 e. The lowest BCUT2D eigenvalue weighted by Gasteiger charge is -2.31. The maximum absolute atomic E-state index is 13.7. The van der Waals surface area contributed by atoms with E-state index in [4.69, 9.17) is 4.74 Å². The van der Waals surface area contributed by atoms with Crippen molar-refractivity contribution in [2.24, 2.45) is 5.92 Å². The minimum atomic E-state index is -0.772. The van der Waals surface area contributed by atoms with Crippen molar-refractivity contribution in [3.8, 4) is 5.75 Å². The van der Waals surface area contributed by atoms with Crippen molar-refractivity contribution in [2.45, 2.75) is 71.5 Å². The fourth-order valence-corrected chi connectivity index (χ4v) is 4.64. The van der Waals surface area contributed by atoms with Crippen molar-refractivity contribution in [3.05, 3.63) is 102 Å². The van der Waals surface area contributed by atoms with Crippen LogP contribution in [-0.4, -0.2) is 53.9 Å². The fraction of sp³-hybridized carbons (Fsp3) is 0.400. The van der Waals surface area contributed by atoms with Crippen LogP contribution in [-0.2, 0) is 22.4 Å². The SMILES string of the molecule is CC(C)C[C@@H](C(=O)N[C@@H](Cc1ccc(OC(=O)c2ccccc2)cc1)C(=O)NC(C)(C)C)N(C)CCc1ccccc1. The monoisotopic (exact) mass is 571 g/mol. The van der Waals surface area contributed by atoms with Crippen molar-refractivity contribution in [3.63, 3.8) is 0 Å². The number of hydrogen-bond acceptors (Lipinski definition) is 5. The van der Waals surface area contributed by atoms with E-state index in [1.165, 1.54) is 5.56 Å². The number of likely N-dealkylation sites (N-methyl/N-ethyl adjacent to an activating group) is 1. The van der Waals surface area contributed by atoms with Crippen molar-refractivity contribution in [1.29, 1.82) is 0 Å². The number of carbonyl (C=O) groups is 3. The summed E-state index contributed by atoms with van der Waals surface area (Å²) in [4.78, 5) is 41.6. The number of carbonyl (C=O) groups excluding carboxylic acids is 3. The summed E-state index contributed by atoms with van der Waals surface area (Å²) in [5.41, 5.74) is 2.06. The van der Waals surface area contributed by atoms with E-state index in [-0.39, 0.29) is 17.9 Å². The van der Waals surface area contributed by atoms with Crippen LogP contribution in [0.2, 0.25) is 0 Å². The zero-order valence-corrected chi connectivity index (χ0v) is 25.7. The Kier molecular flexibility index (Phi) is 11.9. The fourth-order valence-electron chi connectivity index (χ4n) is 4.64. The zero-order valence-electron chi connectivity index (χ0n) is 25.7. The zero-order chi connectivity index (χ0) is 30.7. The normalized spacial score (nSPS) is 13.0. The lowest BCUT2D eigenvalue weighted by molar-refractivity contribution is -0.132. The maximum atomic E-state index is 13.7. The van der Waals surface area contributed by atoms with E-state index in [9.17, 15) is 14.4 Å². The highest BCUT2D eigenvalue weighted by Gasteiger charge is 2.30. The largest absolute Gasteiger partial charge is 0.423 e. The molecule has 7 nitrogen and oxygen atoms in total. The van der Waals surface area contributed by atoms with Gasteiger partial charge in [-0.1, -0.05) is 74.5 Å². The number of ether oxygens (including phenoxy) is 1.